The van der Waals surface area contributed by atoms with E-state index in [4.69, 9.17) is 14.7 Å². The zero-order valence-corrected chi connectivity index (χ0v) is 16.2. The molecule has 144 valence electrons. The molecule has 0 aliphatic carbocycles. The molecule has 0 radical (unpaired) electrons. The van der Waals surface area contributed by atoms with Crippen molar-refractivity contribution >= 4 is 10.9 Å². The fourth-order valence-corrected chi connectivity index (χ4v) is 3.13. The van der Waals surface area contributed by atoms with E-state index in [2.05, 4.69) is 23.0 Å². The average Bonchev–Trinajstić information content (AvgIpc) is 2.72. The maximum Gasteiger partial charge on any atom is 0.259 e. The van der Waals surface area contributed by atoms with Gasteiger partial charge in [0.25, 0.3) is 5.56 Å². The van der Waals surface area contributed by atoms with Crippen LogP contribution in [-0.2, 0) is 13.1 Å². The number of methoxy groups -OCH3 is 2. The number of aromatic amines is 1. The lowest BCUT2D eigenvalue weighted by molar-refractivity contribution is -0.926. The van der Waals surface area contributed by atoms with Crippen molar-refractivity contribution in [2.45, 2.75) is 20.0 Å². The van der Waals surface area contributed by atoms with Gasteiger partial charge in [0, 0.05) is 11.6 Å². The number of aromatic nitrogens is 2. The van der Waals surface area contributed by atoms with E-state index in [0.717, 1.165) is 18.7 Å². The molecule has 1 unspecified atom stereocenters. The highest BCUT2D eigenvalue weighted by Gasteiger charge is 2.14. The maximum atomic E-state index is 12.5. The number of hydrogen-bond acceptors (Lipinski definition) is 5. The SMILES string of the molecule is CC[NH+](Cc1ccc(C#N)cc1)Cc1nc2cc(OC)c(OC)cc2c(=O)[nH]1. The number of fused-ring (bicyclic) bond motifs is 1. The van der Waals surface area contributed by atoms with Crippen molar-refractivity contribution in [3.63, 3.8) is 0 Å². The zero-order chi connectivity index (χ0) is 20.1. The van der Waals surface area contributed by atoms with E-state index in [1.54, 1.807) is 19.2 Å². The third-order valence-corrected chi connectivity index (χ3v) is 4.71. The van der Waals surface area contributed by atoms with Crippen molar-refractivity contribution in [2.24, 2.45) is 0 Å². The van der Waals surface area contributed by atoms with Crippen LogP contribution in [0.4, 0.5) is 0 Å². The van der Waals surface area contributed by atoms with Crippen LogP contribution in [0.15, 0.2) is 41.2 Å². The highest BCUT2D eigenvalue weighted by Crippen LogP contribution is 2.29. The number of hydrogen-bond donors (Lipinski definition) is 2. The topological polar surface area (TPSA) is 92.4 Å². The van der Waals surface area contributed by atoms with Gasteiger partial charge in [0.1, 0.15) is 13.1 Å². The third-order valence-electron chi connectivity index (χ3n) is 4.71. The Hall–Kier alpha value is -3.37. The number of rotatable bonds is 7. The molecule has 0 bridgehead atoms. The summed E-state index contributed by atoms with van der Waals surface area (Å²) in [6, 6.07) is 13.0. The van der Waals surface area contributed by atoms with Gasteiger partial charge in [0.15, 0.2) is 17.3 Å². The summed E-state index contributed by atoms with van der Waals surface area (Å²) >= 11 is 0. The van der Waals surface area contributed by atoms with Crippen LogP contribution in [0.3, 0.4) is 0 Å². The van der Waals surface area contributed by atoms with Crippen molar-refractivity contribution < 1.29 is 14.4 Å². The van der Waals surface area contributed by atoms with Crippen molar-refractivity contribution in [3.8, 4) is 17.6 Å². The Morgan fingerprint density at radius 1 is 1.11 bits per heavy atom. The molecule has 0 aliphatic rings. The first kappa shape index (κ1) is 19.4. The van der Waals surface area contributed by atoms with Gasteiger partial charge < -0.3 is 19.4 Å². The number of benzene rings is 2. The maximum absolute atomic E-state index is 12.5. The van der Waals surface area contributed by atoms with Gasteiger partial charge in [-0.3, -0.25) is 4.79 Å². The minimum Gasteiger partial charge on any atom is -0.493 e. The van der Waals surface area contributed by atoms with Gasteiger partial charge in [-0.2, -0.15) is 5.26 Å². The van der Waals surface area contributed by atoms with Crippen molar-refractivity contribution in [3.05, 3.63) is 63.7 Å². The number of nitriles is 1. The van der Waals surface area contributed by atoms with E-state index in [9.17, 15) is 4.79 Å². The Morgan fingerprint density at radius 2 is 1.79 bits per heavy atom. The van der Waals surface area contributed by atoms with Gasteiger partial charge in [-0.25, -0.2) is 4.98 Å². The molecule has 2 N–H and O–H groups in total. The summed E-state index contributed by atoms with van der Waals surface area (Å²) in [6.45, 7) is 4.31. The second-order valence-corrected chi connectivity index (χ2v) is 6.50. The first-order valence-corrected chi connectivity index (χ1v) is 9.05. The second-order valence-electron chi connectivity index (χ2n) is 6.50. The largest absolute Gasteiger partial charge is 0.493 e. The highest BCUT2D eigenvalue weighted by molar-refractivity contribution is 5.81. The molecule has 0 saturated carbocycles. The molecular formula is C21H23N4O3+. The standard InChI is InChI=1S/C21H22N4O3/c1-4-25(12-15-7-5-14(11-22)6-8-15)13-20-23-17-10-19(28-3)18(27-2)9-16(17)21(26)24-20/h5-10H,4,12-13H2,1-3H3,(H,23,24,26)/p+1. The second kappa shape index (κ2) is 8.55. The molecule has 1 atom stereocenters. The predicted molar refractivity (Wildman–Crippen MR) is 106 cm³/mol. The Kier molecular flexibility index (Phi) is 5.92. The van der Waals surface area contributed by atoms with Gasteiger partial charge in [0.05, 0.1) is 43.3 Å². The summed E-state index contributed by atoms with van der Waals surface area (Å²) in [6.07, 6.45) is 0. The fraction of sp³-hybridized carbons (Fsp3) is 0.286. The van der Waals surface area contributed by atoms with Gasteiger partial charge in [-0.15, -0.1) is 0 Å². The number of nitrogens with zero attached hydrogens (tertiary/aromatic N) is 2. The van der Waals surface area contributed by atoms with E-state index in [-0.39, 0.29) is 5.56 Å². The molecule has 0 fully saturated rings. The van der Waals surface area contributed by atoms with E-state index in [1.807, 2.05) is 24.3 Å². The van der Waals surface area contributed by atoms with Crippen LogP contribution in [0, 0.1) is 11.3 Å². The van der Waals surface area contributed by atoms with Crippen LogP contribution >= 0.6 is 0 Å². The Bertz CT molecular complexity index is 1070. The summed E-state index contributed by atoms with van der Waals surface area (Å²) in [5.41, 5.74) is 2.15. The minimum absolute atomic E-state index is 0.199. The molecular weight excluding hydrogens is 356 g/mol. The van der Waals surface area contributed by atoms with Crippen LogP contribution in [-0.4, -0.2) is 30.7 Å². The molecule has 28 heavy (non-hydrogen) atoms. The normalized spacial score (nSPS) is 11.8. The molecule has 7 nitrogen and oxygen atoms in total. The van der Waals surface area contributed by atoms with Crippen molar-refractivity contribution in [1.29, 1.82) is 5.26 Å². The van der Waals surface area contributed by atoms with E-state index < -0.39 is 0 Å². The number of H-pyrrole nitrogens is 1. The lowest BCUT2D eigenvalue weighted by atomic mass is 10.1. The molecule has 3 rings (SSSR count). The van der Waals surface area contributed by atoms with Crippen molar-refractivity contribution in [2.75, 3.05) is 20.8 Å². The van der Waals surface area contributed by atoms with Gasteiger partial charge in [-0.05, 0) is 25.1 Å². The first-order chi connectivity index (χ1) is 13.6. The Morgan fingerprint density at radius 3 is 2.39 bits per heavy atom. The van der Waals surface area contributed by atoms with Crippen LogP contribution in [0.5, 0.6) is 11.5 Å². The molecule has 3 aromatic rings. The van der Waals surface area contributed by atoms with Gasteiger partial charge in [0.2, 0.25) is 0 Å². The number of nitrogens with one attached hydrogen (secondary N) is 2. The van der Waals surface area contributed by atoms with Crippen LogP contribution < -0.4 is 19.9 Å². The minimum atomic E-state index is -0.199. The molecule has 2 aromatic carbocycles. The monoisotopic (exact) mass is 379 g/mol. The van der Waals surface area contributed by atoms with E-state index in [1.165, 1.54) is 12.0 Å². The lowest BCUT2D eigenvalue weighted by Crippen LogP contribution is -3.09. The van der Waals surface area contributed by atoms with Crippen LogP contribution in [0.2, 0.25) is 0 Å². The summed E-state index contributed by atoms with van der Waals surface area (Å²) in [5.74, 6) is 1.66. The first-order valence-electron chi connectivity index (χ1n) is 9.05. The molecule has 7 heteroatoms. The summed E-state index contributed by atoms with van der Waals surface area (Å²) in [4.78, 5) is 21.3. The summed E-state index contributed by atoms with van der Waals surface area (Å²) in [7, 11) is 3.09. The summed E-state index contributed by atoms with van der Waals surface area (Å²) < 4.78 is 10.6. The third kappa shape index (κ3) is 4.13. The molecule has 0 aliphatic heterocycles. The number of quaternary nitrogens is 1. The summed E-state index contributed by atoms with van der Waals surface area (Å²) in [5, 5.41) is 9.38. The van der Waals surface area contributed by atoms with Crippen LogP contribution in [0.1, 0.15) is 23.9 Å². The highest BCUT2D eigenvalue weighted by atomic mass is 16.5. The van der Waals surface area contributed by atoms with Crippen LogP contribution in [0.25, 0.3) is 10.9 Å². The van der Waals surface area contributed by atoms with Gasteiger partial charge in [-0.1, -0.05) is 12.1 Å². The molecule has 0 spiro atoms. The van der Waals surface area contributed by atoms with Gasteiger partial charge >= 0.3 is 0 Å². The molecule has 0 saturated heterocycles. The molecule has 0 amide bonds. The zero-order valence-electron chi connectivity index (χ0n) is 16.2. The number of ether oxygens (including phenoxy) is 2. The predicted octanol–water partition coefficient (Wildman–Crippen LogP) is 1.42. The fourth-order valence-electron chi connectivity index (χ4n) is 3.13. The molecule has 1 aromatic heterocycles. The average molecular weight is 379 g/mol. The Balaban J connectivity index is 1.87. The smallest absolute Gasteiger partial charge is 0.259 e. The Labute approximate surface area is 163 Å². The molecule has 1 heterocycles. The van der Waals surface area contributed by atoms with E-state index in [0.29, 0.717) is 40.3 Å². The van der Waals surface area contributed by atoms with E-state index >= 15 is 0 Å². The van der Waals surface area contributed by atoms with Crippen molar-refractivity contribution in [1.82, 2.24) is 9.97 Å². The quantitative estimate of drug-likeness (QED) is 0.648. The lowest BCUT2D eigenvalue weighted by Gasteiger charge is -2.17.